The van der Waals surface area contributed by atoms with Crippen LogP contribution in [-0.2, 0) is 14.2 Å². The van der Waals surface area contributed by atoms with Gasteiger partial charge in [0.25, 0.3) is 0 Å². The van der Waals surface area contributed by atoms with Gasteiger partial charge in [0, 0.05) is 56.4 Å². The van der Waals surface area contributed by atoms with Crippen molar-refractivity contribution in [3.63, 3.8) is 0 Å². The highest BCUT2D eigenvalue weighted by molar-refractivity contribution is 6.30. The molecule has 3 amide bonds. The number of carbonyl (C=O) groups excluding carboxylic acids is 2. The molecule has 0 bridgehead atoms. The van der Waals surface area contributed by atoms with Crippen molar-refractivity contribution >= 4 is 23.7 Å². The van der Waals surface area contributed by atoms with Crippen LogP contribution in [0.25, 0.3) is 0 Å². The summed E-state index contributed by atoms with van der Waals surface area (Å²) in [5.41, 5.74) is 2.10. The zero-order valence-corrected chi connectivity index (χ0v) is 25.1. The van der Waals surface area contributed by atoms with Crippen molar-refractivity contribution in [2.45, 2.75) is 65.0 Å². The fourth-order valence-electron chi connectivity index (χ4n) is 5.27. The predicted octanol–water partition coefficient (Wildman–Crippen LogP) is 4.91. The molecule has 0 spiro atoms. The fourth-order valence-corrected chi connectivity index (χ4v) is 5.45. The molecule has 3 N–H and O–H groups in total. The van der Waals surface area contributed by atoms with E-state index in [2.05, 4.69) is 20.7 Å². The summed E-state index contributed by atoms with van der Waals surface area (Å²) in [6.07, 6.45) is 4.37. The molecule has 1 unspecified atom stereocenters. The smallest absolute Gasteiger partial charge is 0.406 e. The number of halogens is 1. The molecule has 2 saturated heterocycles. The number of ether oxygens (including phenoxy) is 3. The van der Waals surface area contributed by atoms with E-state index in [1.807, 2.05) is 50.9 Å². The predicted molar refractivity (Wildman–Crippen MR) is 155 cm³/mol. The van der Waals surface area contributed by atoms with Crippen LogP contribution in [0.2, 0.25) is 5.02 Å². The zero-order valence-electron chi connectivity index (χ0n) is 24.4. The molecular formula is C29H49ClN4O5. The van der Waals surface area contributed by atoms with Crippen molar-refractivity contribution in [2.24, 2.45) is 11.8 Å². The summed E-state index contributed by atoms with van der Waals surface area (Å²) in [5.74, 6) is 0.643. The quantitative estimate of drug-likeness (QED) is 0.328. The van der Waals surface area contributed by atoms with Crippen molar-refractivity contribution in [3.05, 3.63) is 34.3 Å². The van der Waals surface area contributed by atoms with Crippen LogP contribution in [0.3, 0.4) is 0 Å². The number of urea groups is 1. The van der Waals surface area contributed by atoms with Crippen LogP contribution >= 0.6 is 11.6 Å². The fraction of sp³-hybridized carbons (Fsp3) is 0.724. The van der Waals surface area contributed by atoms with E-state index >= 15 is 0 Å². The van der Waals surface area contributed by atoms with E-state index in [1.54, 1.807) is 0 Å². The maximum absolute atomic E-state index is 13.1. The molecule has 10 heteroatoms. The Labute approximate surface area is 239 Å². The lowest BCUT2D eigenvalue weighted by Gasteiger charge is -2.38. The Bertz CT molecular complexity index is 868. The highest BCUT2D eigenvalue weighted by Crippen LogP contribution is 2.35. The Morgan fingerprint density at radius 3 is 2.69 bits per heavy atom. The van der Waals surface area contributed by atoms with Crippen LogP contribution in [0, 0.1) is 18.8 Å². The molecule has 0 aromatic heterocycles. The Balaban J connectivity index is 0.00000260. The second kappa shape index (κ2) is 18.3. The first-order valence-corrected chi connectivity index (χ1v) is 14.8. The van der Waals surface area contributed by atoms with Crippen LogP contribution in [0.1, 0.15) is 63.2 Å². The van der Waals surface area contributed by atoms with Crippen molar-refractivity contribution in [1.82, 2.24) is 20.9 Å². The van der Waals surface area contributed by atoms with E-state index in [-0.39, 0.29) is 24.1 Å². The average Bonchev–Trinajstić information content (AvgIpc) is 2.98. The van der Waals surface area contributed by atoms with Crippen molar-refractivity contribution in [1.29, 1.82) is 0 Å². The third kappa shape index (κ3) is 11.1. The molecule has 9 nitrogen and oxygen atoms in total. The lowest BCUT2D eigenvalue weighted by Crippen LogP contribution is -2.50. The Morgan fingerprint density at radius 1 is 1.21 bits per heavy atom. The van der Waals surface area contributed by atoms with E-state index in [0.29, 0.717) is 43.7 Å². The number of amides is 3. The summed E-state index contributed by atoms with van der Waals surface area (Å²) in [5, 5.41) is 9.80. The SMILES string of the molecule is CC.CN[C@H](CNC(=O)N1CCC[C@@H](C(OCCNC(=O)OC)c2cc(Cl)ccc2C)C1)C[C@H]1CCCOC1. The number of rotatable bonds is 11. The van der Waals surface area contributed by atoms with E-state index < -0.39 is 6.09 Å². The molecule has 0 aliphatic carbocycles. The molecule has 2 aliphatic heterocycles. The van der Waals surface area contributed by atoms with Gasteiger partial charge in [-0.1, -0.05) is 31.5 Å². The largest absolute Gasteiger partial charge is 0.453 e. The van der Waals surface area contributed by atoms with Crippen molar-refractivity contribution < 1.29 is 23.8 Å². The first kappa shape index (κ1) is 33.1. The summed E-state index contributed by atoms with van der Waals surface area (Å²) >= 11 is 6.34. The highest BCUT2D eigenvalue weighted by atomic mass is 35.5. The third-order valence-corrected chi connectivity index (χ3v) is 7.59. The summed E-state index contributed by atoms with van der Waals surface area (Å²) in [6, 6.07) is 5.97. The Morgan fingerprint density at radius 2 is 2.00 bits per heavy atom. The lowest BCUT2D eigenvalue weighted by molar-refractivity contribution is -0.00885. The molecule has 2 aliphatic rings. The molecule has 1 aromatic carbocycles. The van der Waals surface area contributed by atoms with Gasteiger partial charge in [-0.15, -0.1) is 0 Å². The van der Waals surface area contributed by atoms with Gasteiger partial charge in [0.1, 0.15) is 0 Å². The van der Waals surface area contributed by atoms with E-state index in [9.17, 15) is 9.59 Å². The minimum Gasteiger partial charge on any atom is -0.453 e. The number of likely N-dealkylation sites (tertiary alicyclic amines) is 1. The maximum atomic E-state index is 13.1. The van der Waals surface area contributed by atoms with Crippen LogP contribution in [-0.4, -0.2) is 83.2 Å². The summed E-state index contributed by atoms with van der Waals surface area (Å²) in [6.45, 7) is 10.2. The number of piperidine rings is 1. The van der Waals surface area contributed by atoms with Crippen LogP contribution in [0.15, 0.2) is 18.2 Å². The highest BCUT2D eigenvalue weighted by Gasteiger charge is 2.32. The summed E-state index contributed by atoms with van der Waals surface area (Å²) < 4.78 is 16.6. The lowest BCUT2D eigenvalue weighted by atomic mass is 9.86. The number of methoxy groups -OCH3 is 1. The van der Waals surface area contributed by atoms with Crippen LogP contribution < -0.4 is 16.0 Å². The number of likely N-dealkylation sites (N-methyl/N-ethyl adjacent to an activating group) is 1. The number of alkyl carbamates (subject to hydrolysis) is 1. The minimum absolute atomic E-state index is 0.0428. The minimum atomic E-state index is -0.490. The number of aryl methyl sites for hydroxylation is 1. The number of hydrogen-bond donors (Lipinski definition) is 3. The molecule has 0 saturated carbocycles. The Kier molecular flexibility index (Phi) is 15.6. The van der Waals surface area contributed by atoms with Gasteiger partial charge in [0.15, 0.2) is 0 Å². The molecular weight excluding hydrogens is 520 g/mol. The van der Waals surface area contributed by atoms with Gasteiger partial charge in [-0.2, -0.15) is 0 Å². The standard InChI is InChI=1S/C27H43ClN4O5.C2H6/c1-19-8-9-22(28)15-24(19)25(37-13-10-30-27(34)35-3)21-7-4-11-32(17-21)26(33)31-16-23(29-2)14-20-6-5-12-36-18-20;1-2/h8-9,15,20-21,23,25,29H,4-7,10-14,16-18H2,1-3H3,(H,30,34)(H,31,33);1-2H3/t20-,21-,23+,25?;/m1./s1. The number of benzene rings is 1. The monoisotopic (exact) mass is 568 g/mol. The first-order chi connectivity index (χ1) is 18.9. The molecule has 2 fully saturated rings. The van der Waals surface area contributed by atoms with Gasteiger partial charge in [-0.25, -0.2) is 9.59 Å². The van der Waals surface area contributed by atoms with E-state index in [1.165, 1.54) is 13.5 Å². The van der Waals surface area contributed by atoms with Gasteiger partial charge in [-0.3, -0.25) is 0 Å². The molecule has 39 heavy (non-hydrogen) atoms. The Hall–Kier alpha value is -2.07. The second-order valence-electron chi connectivity index (χ2n) is 10.0. The van der Waals surface area contributed by atoms with Crippen molar-refractivity contribution in [3.8, 4) is 0 Å². The van der Waals surface area contributed by atoms with Gasteiger partial charge >= 0.3 is 12.1 Å². The number of nitrogens with zero attached hydrogens (tertiary/aromatic N) is 1. The molecule has 4 atom stereocenters. The van der Waals surface area contributed by atoms with E-state index in [4.69, 9.17) is 21.1 Å². The normalized spacial score (nSPS) is 20.7. The third-order valence-electron chi connectivity index (χ3n) is 7.36. The number of nitrogens with one attached hydrogen (secondary N) is 3. The molecule has 222 valence electrons. The van der Waals surface area contributed by atoms with Gasteiger partial charge < -0.3 is 35.1 Å². The average molecular weight is 569 g/mol. The second-order valence-corrected chi connectivity index (χ2v) is 10.5. The topological polar surface area (TPSA) is 101 Å². The van der Waals surface area contributed by atoms with Gasteiger partial charge in [0.05, 0.1) is 19.8 Å². The molecule has 0 radical (unpaired) electrons. The van der Waals surface area contributed by atoms with Crippen molar-refractivity contribution in [2.75, 3.05) is 60.2 Å². The molecule has 2 heterocycles. The summed E-state index contributed by atoms with van der Waals surface area (Å²) in [7, 11) is 3.28. The maximum Gasteiger partial charge on any atom is 0.406 e. The molecule has 3 rings (SSSR count). The number of hydrogen-bond acceptors (Lipinski definition) is 6. The summed E-state index contributed by atoms with van der Waals surface area (Å²) in [4.78, 5) is 26.5. The van der Waals surface area contributed by atoms with Gasteiger partial charge in [-0.05, 0) is 75.3 Å². The van der Waals surface area contributed by atoms with Gasteiger partial charge in [0.2, 0.25) is 0 Å². The first-order valence-electron chi connectivity index (χ1n) is 14.4. The zero-order chi connectivity index (χ0) is 28.6. The van der Waals surface area contributed by atoms with Crippen LogP contribution in [0.4, 0.5) is 9.59 Å². The van der Waals surface area contributed by atoms with E-state index in [0.717, 1.165) is 50.0 Å². The molecule has 1 aromatic rings. The van der Waals surface area contributed by atoms with Crippen LogP contribution in [0.5, 0.6) is 0 Å². The number of carbonyl (C=O) groups is 2.